The number of aliphatic hydroxyl groups excluding tert-OH is 1. The van der Waals surface area contributed by atoms with Gasteiger partial charge in [0.2, 0.25) is 0 Å². The summed E-state index contributed by atoms with van der Waals surface area (Å²) in [5.74, 6) is -1.43. The van der Waals surface area contributed by atoms with E-state index in [2.05, 4.69) is 0 Å². The summed E-state index contributed by atoms with van der Waals surface area (Å²) in [6.07, 6.45) is 1.63. The number of unbranched alkanes of at least 4 members (excludes halogenated alkanes) is 1. The predicted molar refractivity (Wildman–Crippen MR) is 72.4 cm³/mol. The molecule has 0 saturated heterocycles. The topological polar surface area (TPSA) is 57.6 Å². The number of hydrogen-bond acceptors (Lipinski definition) is 3. The van der Waals surface area contributed by atoms with Gasteiger partial charge in [0.05, 0.1) is 5.57 Å². The lowest BCUT2D eigenvalue weighted by atomic mass is 10.0. The number of carbonyl (C=O) groups excluding carboxylic acids is 2. The molecule has 0 radical (unpaired) electrons. The van der Waals surface area contributed by atoms with Crippen LogP contribution in [0.4, 0.5) is 0 Å². The Morgan fingerprint density at radius 2 is 1.74 bits per heavy atom. The molecule has 1 heterocycles. The summed E-state index contributed by atoms with van der Waals surface area (Å²) < 4.78 is 0. The second-order valence-electron chi connectivity index (χ2n) is 4.71. The summed E-state index contributed by atoms with van der Waals surface area (Å²) in [7, 11) is 0. The Morgan fingerprint density at radius 3 is 2.32 bits per heavy atom. The lowest BCUT2D eigenvalue weighted by Crippen LogP contribution is -2.32. The van der Waals surface area contributed by atoms with Gasteiger partial charge in [0.25, 0.3) is 11.8 Å². The van der Waals surface area contributed by atoms with Crippen LogP contribution in [0.2, 0.25) is 0 Å². The van der Waals surface area contributed by atoms with E-state index in [1.54, 1.807) is 12.1 Å². The van der Waals surface area contributed by atoms with Crippen molar-refractivity contribution in [1.82, 2.24) is 4.90 Å². The summed E-state index contributed by atoms with van der Waals surface area (Å²) >= 11 is 0. The number of rotatable bonds is 4. The van der Waals surface area contributed by atoms with Gasteiger partial charge in [-0.25, -0.2) is 0 Å². The standard InChI is InChI=1S/C15H17NO3/c1-3-4-9-16-14(18)12(13(17)15(16)19)11-7-5-10(2)6-8-11/h5-8,17H,3-4,9H2,1-2H3. The molecule has 0 spiro atoms. The van der Waals surface area contributed by atoms with E-state index in [1.165, 1.54) is 0 Å². The maximum Gasteiger partial charge on any atom is 0.296 e. The first-order valence-corrected chi connectivity index (χ1v) is 6.42. The molecule has 1 aliphatic heterocycles. The highest BCUT2D eigenvalue weighted by atomic mass is 16.3. The van der Waals surface area contributed by atoms with E-state index >= 15 is 0 Å². The quantitative estimate of drug-likeness (QED) is 0.845. The van der Waals surface area contributed by atoms with E-state index in [0.29, 0.717) is 12.1 Å². The van der Waals surface area contributed by atoms with Crippen molar-refractivity contribution in [1.29, 1.82) is 0 Å². The molecule has 4 nitrogen and oxygen atoms in total. The molecule has 0 atom stereocenters. The number of nitrogens with zero attached hydrogens (tertiary/aromatic N) is 1. The van der Waals surface area contributed by atoms with Crippen LogP contribution in [0.1, 0.15) is 30.9 Å². The molecule has 1 aromatic carbocycles. The van der Waals surface area contributed by atoms with E-state index in [0.717, 1.165) is 23.3 Å². The van der Waals surface area contributed by atoms with Crippen molar-refractivity contribution >= 4 is 17.4 Å². The van der Waals surface area contributed by atoms with Crippen molar-refractivity contribution in [2.45, 2.75) is 26.7 Å². The zero-order valence-electron chi connectivity index (χ0n) is 11.1. The lowest BCUT2D eigenvalue weighted by molar-refractivity contribution is -0.138. The van der Waals surface area contributed by atoms with Crippen LogP contribution in [0.5, 0.6) is 0 Å². The fourth-order valence-electron chi connectivity index (χ4n) is 2.06. The summed E-state index contributed by atoms with van der Waals surface area (Å²) in [5, 5.41) is 9.89. The monoisotopic (exact) mass is 259 g/mol. The smallest absolute Gasteiger partial charge is 0.296 e. The number of benzene rings is 1. The number of aryl methyl sites for hydroxylation is 1. The number of aliphatic hydroxyl groups is 1. The minimum absolute atomic E-state index is 0.112. The van der Waals surface area contributed by atoms with Crippen molar-refractivity contribution in [3.05, 3.63) is 41.2 Å². The van der Waals surface area contributed by atoms with Crippen LogP contribution < -0.4 is 0 Å². The first kappa shape index (κ1) is 13.3. The van der Waals surface area contributed by atoms with Gasteiger partial charge in [0.15, 0.2) is 5.76 Å². The number of amides is 2. The molecular formula is C15H17NO3. The molecule has 0 fully saturated rings. The summed E-state index contributed by atoms with van der Waals surface area (Å²) in [6.45, 7) is 4.28. The van der Waals surface area contributed by atoms with Crippen LogP contribution in [0.25, 0.3) is 5.57 Å². The molecule has 0 aromatic heterocycles. The van der Waals surface area contributed by atoms with Crippen molar-refractivity contribution in [3.63, 3.8) is 0 Å². The van der Waals surface area contributed by atoms with Gasteiger partial charge in [-0.3, -0.25) is 14.5 Å². The van der Waals surface area contributed by atoms with Gasteiger partial charge in [-0.1, -0.05) is 43.2 Å². The Kier molecular flexibility index (Phi) is 3.69. The third-order valence-corrected chi connectivity index (χ3v) is 3.22. The van der Waals surface area contributed by atoms with Crippen LogP contribution in [0, 0.1) is 6.92 Å². The Bertz CT molecular complexity index is 543. The maximum atomic E-state index is 12.2. The van der Waals surface area contributed by atoms with E-state index < -0.39 is 17.6 Å². The summed E-state index contributed by atoms with van der Waals surface area (Å²) in [6, 6.07) is 7.19. The fourth-order valence-corrected chi connectivity index (χ4v) is 2.06. The Hall–Kier alpha value is -2.10. The van der Waals surface area contributed by atoms with Gasteiger partial charge >= 0.3 is 0 Å². The Morgan fingerprint density at radius 1 is 1.11 bits per heavy atom. The number of hydrogen-bond donors (Lipinski definition) is 1. The Labute approximate surface area is 112 Å². The van der Waals surface area contributed by atoms with Crippen LogP contribution in [-0.2, 0) is 9.59 Å². The Balaban J connectivity index is 2.32. The van der Waals surface area contributed by atoms with Gasteiger partial charge in [0.1, 0.15) is 0 Å². The fraction of sp³-hybridized carbons (Fsp3) is 0.333. The zero-order valence-corrected chi connectivity index (χ0v) is 11.1. The van der Waals surface area contributed by atoms with E-state index in [-0.39, 0.29) is 5.57 Å². The summed E-state index contributed by atoms with van der Waals surface area (Å²) in [5.41, 5.74) is 1.75. The largest absolute Gasteiger partial charge is 0.502 e. The minimum atomic E-state index is -0.589. The normalized spacial score (nSPS) is 15.6. The first-order chi connectivity index (χ1) is 9.06. The SMILES string of the molecule is CCCCN1C(=O)C(O)=C(c2ccc(C)cc2)C1=O. The molecule has 0 aliphatic carbocycles. The summed E-state index contributed by atoms with van der Waals surface area (Å²) in [4.78, 5) is 25.2. The molecule has 0 saturated carbocycles. The molecule has 2 amide bonds. The average molecular weight is 259 g/mol. The second-order valence-corrected chi connectivity index (χ2v) is 4.71. The van der Waals surface area contributed by atoms with Crippen LogP contribution in [0.15, 0.2) is 30.0 Å². The van der Waals surface area contributed by atoms with Crippen LogP contribution in [0.3, 0.4) is 0 Å². The van der Waals surface area contributed by atoms with Crippen molar-refractivity contribution < 1.29 is 14.7 Å². The molecule has 100 valence electrons. The van der Waals surface area contributed by atoms with Gasteiger partial charge in [-0.05, 0) is 18.9 Å². The average Bonchev–Trinajstić information content (AvgIpc) is 2.60. The first-order valence-electron chi connectivity index (χ1n) is 6.42. The van der Waals surface area contributed by atoms with Gasteiger partial charge < -0.3 is 5.11 Å². The molecule has 0 bridgehead atoms. The minimum Gasteiger partial charge on any atom is -0.502 e. The van der Waals surface area contributed by atoms with Crippen LogP contribution >= 0.6 is 0 Å². The molecule has 1 N–H and O–H groups in total. The third-order valence-electron chi connectivity index (χ3n) is 3.22. The van der Waals surface area contributed by atoms with Gasteiger partial charge in [-0.15, -0.1) is 0 Å². The second kappa shape index (κ2) is 5.26. The van der Waals surface area contributed by atoms with Crippen molar-refractivity contribution in [2.24, 2.45) is 0 Å². The molecular weight excluding hydrogens is 242 g/mol. The van der Waals surface area contributed by atoms with E-state index in [9.17, 15) is 14.7 Å². The molecule has 4 heteroatoms. The highest BCUT2D eigenvalue weighted by molar-refractivity contribution is 6.34. The van der Waals surface area contributed by atoms with Gasteiger partial charge in [-0.2, -0.15) is 0 Å². The maximum absolute atomic E-state index is 12.2. The van der Waals surface area contributed by atoms with Crippen molar-refractivity contribution in [2.75, 3.05) is 6.54 Å². The predicted octanol–water partition coefficient (Wildman–Crippen LogP) is 2.43. The highest BCUT2D eigenvalue weighted by Crippen LogP contribution is 2.28. The van der Waals surface area contributed by atoms with Crippen molar-refractivity contribution in [3.8, 4) is 0 Å². The third kappa shape index (κ3) is 2.38. The van der Waals surface area contributed by atoms with Gasteiger partial charge in [0, 0.05) is 6.54 Å². The molecule has 2 rings (SSSR count). The number of carbonyl (C=O) groups is 2. The lowest BCUT2D eigenvalue weighted by Gasteiger charge is -2.13. The number of imide groups is 1. The zero-order chi connectivity index (χ0) is 14.0. The van der Waals surface area contributed by atoms with Crippen LogP contribution in [-0.4, -0.2) is 28.4 Å². The molecule has 19 heavy (non-hydrogen) atoms. The van der Waals surface area contributed by atoms with E-state index in [1.807, 2.05) is 26.0 Å². The molecule has 0 unspecified atom stereocenters. The van der Waals surface area contributed by atoms with E-state index in [4.69, 9.17) is 0 Å². The molecule has 1 aliphatic rings. The molecule has 1 aromatic rings. The highest BCUT2D eigenvalue weighted by Gasteiger charge is 2.38.